The van der Waals surface area contributed by atoms with Gasteiger partial charge in [0, 0.05) is 24.4 Å². The van der Waals surface area contributed by atoms with Gasteiger partial charge in [-0.05, 0) is 37.1 Å². The fourth-order valence-corrected chi connectivity index (χ4v) is 3.84. The summed E-state index contributed by atoms with van der Waals surface area (Å²) in [5.74, 6) is 0.820. The predicted octanol–water partition coefficient (Wildman–Crippen LogP) is 4.04. The van der Waals surface area contributed by atoms with E-state index < -0.39 is 6.04 Å². The van der Waals surface area contributed by atoms with Gasteiger partial charge in [-0.25, -0.2) is 0 Å². The third kappa shape index (κ3) is 6.60. The van der Waals surface area contributed by atoms with E-state index in [1.807, 2.05) is 24.3 Å². The molecule has 2 rings (SSSR count). The van der Waals surface area contributed by atoms with Crippen LogP contribution in [0, 0.1) is 6.92 Å². The molecule has 0 fully saturated rings. The average Bonchev–Trinajstić information content (AvgIpc) is 2.65. The van der Waals surface area contributed by atoms with Crippen LogP contribution >= 0.6 is 23.4 Å². The molecule has 1 N–H and O–H groups in total. The summed E-state index contributed by atoms with van der Waals surface area (Å²) in [7, 11) is 1.58. The maximum absolute atomic E-state index is 12.8. The first-order chi connectivity index (χ1) is 12.9. The number of aryl methyl sites for hydroxylation is 1. The van der Waals surface area contributed by atoms with Crippen molar-refractivity contribution in [3.63, 3.8) is 0 Å². The molecule has 4 nitrogen and oxygen atoms in total. The summed E-state index contributed by atoms with van der Waals surface area (Å²) in [6.07, 6.45) is 0. The molecular formula is C21H25ClN2O2S. The molecule has 0 aliphatic rings. The van der Waals surface area contributed by atoms with Crippen molar-refractivity contribution < 1.29 is 9.59 Å². The van der Waals surface area contributed by atoms with Gasteiger partial charge >= 0.3 is 0 Å². The first-order valence-electron chi connectivity index (χ1n) is 8.79. The van der Waals surface area contributed by atoms with Crippen molar-refractivity contribution in [2.75, 3.05) is 12.8 Å². The Balaban J connectivity index is 2.04. The van der Waals surface area contributed by atoms with Gasteiger partial charge in [0.1, 0.15) is 6.04 Å². The molecule has 1 atom stereocenters. The number of nitrogens with zero attached hydrogens (tertiary/aromatic N) is 1. The highest BCUT2D eigenvalue weighted by molar-refractivity contribution is 7.99. The fourth-order valence-electron chi connectivity index (χ4n) is 2.76. The number of thioether (sulfide) groups is 1. The van der Waals surface area contributed by atoms with Gasteiger partial charge < -0.3 is 10.2 Å². The number of nitrogens with one attached hydrogen (secondary N) is 1. The molecule has 2 amide bonds. The Morgan fingerprint density at radius 3 is 2.52 bits per heavy atom. The summed E-state index contributed by atoms with van der Waals surface area (Å²) >= 11 is 7.61. The van der Waals surface area contributed by atoms with Crippen LogP contribution in [0.2, 0.25) is 5.02 Å². The standard InChI is InChI=1S/C21H25ClN2O2S/c1-15-6-4-8-18(10-15)13-27-14-20(25)24(16(2)21(26)23-3)12-17-7-5-9-19(22)11-17/h4-11,16H,12-14H2,1-3H3,(H,23,26). The molecule has 0 spiro atoms. The van der Waals surface area contributed by atoms with Crippen LogP contribution < -0.4 is 5.32 Å². The molecule has 0 saturated heterocycles. The van der Waals surface area contributed by atoms with Crippen LogP contribution in [0.1, 0.15) is 23.6 Å². The molecule has 0 aliphatic heterocycles. The van der Waals surface area contributed by atoms with Gasteiger partial charge in [0.2, 0.25) is 11.8 Å². The molecule has 27 heavy (non-hydrogen) atoms. The van der Waals surface area contributed by atoms with Crippen molar-refractivity contribution in [1.82, 2.24) is 10.2 Å². The van der Waals surface area contributed by atoms with Crippen LogP contribution in [0.3, 0.4) is 0 Å². The van der Waals surface area contributed by atoms with Crippen molar-refractivity contribution in [3.8, 4) is 0 Å². The summed E-state index contributed by atoms with van der Waals surface area (Å²) in [5.41, 5.74) is 3.29. The Morgan fingerprint density at radius 1 is 1.15 bits per heavy atom. The molecular weight excluding hydrogens is 380 g/mol. The van der Waals surface area contributed by atoms with Gasteiger partial charge in [-0.15, -0.1) is 11.8 Å². The maximum Gasteiger partial charge on any atom is 0.242 e. The van der Waals surface area contributed by atoms with E-state index in [9.17, 15) is 9.59 Å². The molecule has 144 valence electrons. The molecule has 6 heteroatoms. The van der Waals surface area contributed by atoms with E-state index in [0.717, 1.165) is 11.3 Å². The summed E-state index contributed by atoms with van der Waals surface area (Å²) in [6, 6.07) is 15.1. The average molecular weight is 405 g/mol. The zero-order valence-electron chi connectivity index (χ0n) is 15.9. The summed E-state index contributed by atoms with van der Waals surface area (Å²) in [6.45, 7) is 4.14. The minimum absolute atomic E-state index is 0.0660. The summed E-state index contributed by atoms with van der Waals surface area (Å²) < 4.78 is 0. The molecule has 0 aliphatic carbocycles. The zero-order valence-corrected chi connectivity index (χ0v) is 17.4. The Bertz CT molecular complexity index is 797. The molecule has 2 aromatic carbocycles. The first kappa shape index (κ1) is 21.3. The minimum Gasteiger partial charge on any atom is -0.357 e. The topological polar surface area (TPSA) is 49.4 Å². The van der Waals surface area contributed by atoms with Gasteiger partial charge in [0.05, 0.1) is 5.75 Å². The van der Waals surface area contributed by atoms with Crippen molar-refractivity contribution in [3.05, 3.63) is 70.2 Å². The minimum atomic E-state index is -0.555. The highest BCUT2D eigenvalue weighted by atomic mass is 35.5. The van der Waals surface area contributed by atoms with Crippen molar-refractivity contribution in [2.45, 2.75) is 32.2 Å². The number of amides is 2. The lowest BCUT2D eigenvalue weighted by Crippen LogP contribution is -2.47. The third-order valence-corrected chi connectivity index (χ3v) is 5.46. The van der Waals surface area contributed by atoms with E-state index >= 15 is 0 Å². The van der Waals surface area contributed by atoms with Crippen LogP contribution in [0.25, 0.3) is 0 Å². The van der Waals surface area contributed by atoms with Gasteiger partial charge in [0.25, 0.3) is 0 Å². The number of benzene rings is 2. The Labute approximate surface area is 170 Å². The van der Waals surface area contributed by atoms with E-state index in [-0.39, 0.29) is 11.8 Å². The first-order valence-corrected chi connectivity index (χ1v) is 10.3. The fraction of sp³-hybridized carbons (Fsp3) is 0.333. The highest BCUT2D eigenvalue weighted by Crippen LogP contribution is 2.18. The monoisotopic (exact) mass is 404 g/mol. The van der Waals surface area contributed by atoms with E-state index in [0.29, 0.717) is 17.3 Å². The number of rotatable bonds is 8. The smallest absolute Gasteiger partial charge is 0.242 e. The van der Waals surface area contributed by atoms with Crippen molar-refractivity contribution in [2.24, 2.45) is 0 Å². The second kappa shape index (κ2) is 10.4. The van der Waals surface area contributed by atoms with E-state index in [1.54, 1.807) is 36.7 Å². The largest absolute Gasteiger partial charge is 0.357 e. The van der Waals surface area contributed by atoms with Crippen LogP contribution in [0.5, 0.6) is 0 Å². The van der Waals surface area contributed by atoms with E-state index in [2.05, 4.69) is 30.4 Å². The van der Waals surface area contributed by atoms with Crippen molar-refractivity contribution >= 4 is 35.2 Å². The van der Waals surface area contributed by atoms with Crippen LogP contribution in [-0.4, -0.2) is 35.6 Å². The van der Waals surface area contributed by atoms with E-state index in [1.165, 1.54) is 11.1 Å². The number of carbonyl (C=O) groups excluding carboxylic acids is 2. The SMILES string of the molecule is CNC(=O)C(C)N(Cc1cccc(Cl)c1)C(=O)CSCc1cccc(C)c1. The van der Waals surface area contributed by atoms with Crippen LogP contribution in [-0.2, 0) is 21.9 Å². The van der Waals surface area contributed by atoms with Crippen LogP contribution in [0.4, 0.5) is 0 Å². The number of carbonyl (C=O) groups is 2. The number of halogens is 1. The molecule has 2 aromatic rings. The quantitative estimate of drug-likeness (QED) is 0.722. The summed E-state index contributed by atoms with van der Waals surface area (Å²) in [5, 5.41) is 3.23. The Hall–Kier alpha value is -1.98. The number of hydrogen-bond donors (Lipinski definition) is 1. The lowest BCUT2D eigenvalue weighted by Gasteiger charge is -2.28. The normalized spacial score (nSPS) is 11.7. The number of likely N-dealkylation sites (N-methyl/N-ethyl adjacent to an activating group) is 1. The third-order valence-electron chi connectivity index (χ3n) is 4.23. The Morgan fingerprint density at radius 2 is 1.85 bits per heavy atom. The number of hydrogen-bond acceptors (Lipinski definition) is 3. The van der Waals surface area contributed by atoms with Crippen molar-refractivity contribution in [1.29, 1.82) is 0 Å². The predicted molar refractivity (Wildman–Crippen MR) is 113 cm³/mol. The molecule has 0 radical (unpaired) electrons. The van der Waals surface area contributed by atoms with Gasteiger partial charge in [-0.2, -0.15) is 0 Å². The second-order valence-corrected chi connectivity index (χ2v) is 7.85. The molecule has 1 unspecified atom stereocenters. The zero-order chi connectivity index (χ0) is 19.8. The molecule has 0 saturated carbocycles. The lowest BCUT2D eigenvalue weighted by molar-refractivity contribution is -0.138. The van der Waals surface area contributed by atoms with E-state index in [4.69, 9.17) is 11.6 Å². The summed E-state index contributed by atoms with van der Waals surface area (Å²) in [4.78, 5) is 26.6. The molecule has 0 heterocycles. The van der Waals surface area contributed by atoms with Gasteiger partial charge in [-0.3, -0.25) is 9.59 Å². The highest BCUT2D eigenvalue weighted by Gasteiger charge is 2.25. The van der Waals surface area contributed by atoms with Gasteiger partial charge in [0.15, 0.2) is 0 Å². The Kier molecular flexibility index (Phi) is 8.20. The molecule has 0 aromatic heterocycles. The second-order valence-electron chi connectivity index (χ2n) is 6.42. The maximum atomic E-state index is 12.8. The molecule has 0 bridgehead atoms. The van der Waals surface area contributed by atoms with Gasteiger partial charge in [-0.1, -0.05) is 53.6 Å². The van der Waals surface area contributed by atoms with Crippen LogP contribution in [0.15, 0.2) is 48.5 Å². The lowest BCUT2D eigenvalue weighted by atomic mass is 10.1.